The molecule has 134 valence electrons. The molecule has 0 aliphatic carbocycles. The lowest BCUT2D eigenvalue weighted by atomic mass is 10.1. The molecular weight excluding hydrogens is 326 g/mol. The molecule has 26 heavy (non-hydrogen) atoms. The molecule has 0 amide bonds. The largest absolute Gasteiger partial charge is 0.508 e. The molecule has 3 aromatic carbocycles. The molecule has 0 aromatic heterocycles. The van der Waals surface area contributed by atoms with Crippen molar-refractivity contribution in [1.82, 2.24) is 5.32 Å². The van der Waals surface area contributed by atoms with Crippen molar-refractivity contribution in [1.29, 1.82) is 0 Å². The SMILES string of the molecule is COc1cc(Oc2ccccc2)ccc1CCNCc1ccccc1O. The molecule has 0 fully saturated rings. The van der Waals surface area contributed by atoms with Crippen LogP contribution in [0, 0.1) is 0 Å². The van der Waals surface area contributed by atoms with E-state index in [4.69, 9.17) is 9.47 Å². The summed E-state index contributed by atoms with van der Waals surface area (Å²) >= 11 is 0. The van der Waals surface area contributed by atoms with Crippen LogP contribution in [0.3, 0.4) is 0 Å². The second-order valence-corrected chi connectivity index (χ2v) is 5.94. The Balaban J connectivity index is 1.57. The van der Waals surface area contributed by atoms with Gasteiger partial charge in [0.25, 0.3) is 0 Å². The monoisotopic (exact) mass is 349 g/mol. The average molecular weight is 349 g/mol. The van der Waals surface area contributed by atoms with E-state index in [1.807, 2.05) is 66.7 Å². The van der Waals surface area contributed by atoms with Crippen molar-refractivity contribution in [3.05, 3.63) is 83.9 Å². The van der Waals surface area contributed by atoms with Gasteiger partial charge in [0, 0.05) is 18.2 Å². The van der Waals surface area contributed by atoms with Crippen molar-refractivity contribution in [3.63, 3.8) is 0 Å². The van der Waals surface area contributed by atoms with Gasteiger partial charge in [-0.15, -0.1) is 0 Å². The number of ether oxygens (including phenoxy) is 2. The fourth-order valence-electron chi connectivity index (χ4n) is 2.73. The Bertz CT molecular complexity index is 834. The third-order valence-electron chi connectivity index (χ3n) is 4.12. The van der Waals surface area contributed by atoms with Crippen LogP contribution in [0.4, 0.5) is 0 Å². The van der Waals surface area contributed by atoms with E-state index in [0.29, 0.717) is 12.3 Å². The van der Waals surface area contributed by atoms with Gasteiger partial charge in [-0.3, -0.25) is 0 Å². The lowest BCUT2D eigenvalue weighted by molar-refractivity contribution is 0.403. The minimum absolute atomic E-state index is 0.319. The van der Waals surface area contributed by atoms with Crippen LogP contribution < -0.4 is 14.8 Å². The van der Waals surface area contributed by atoms with Crippen LogP contribution in [0.15, 0.2) is 72.8 Å². The highest BCUT2D eigenvalue weighted by molar-refractivity contribution is 5.42. The predicted molar refractivity (Wildman–Crippen MR) is 103 cm³/mol. The quantitative estimate of drug-likeness (QED) is 0.587. The summed E-state index contributed by atoms with van der Waals surface area (Å²) in [6, 6.07) is 22.9. The number of hydrogen-bond acceptors (Lipinski definition) is 4. The number of hydrogen-bond donors (Lipinski definition) is 2. The van der Waals surface area contributed by atoms with Crippen LogP contribution in [0.1, 0.15) is 11.1 Å². The summed E-state index contributed by atoms with van der Waals surface area (Å²) in [6.45, 7) is 1.41. The molecule has 0 saturated heterocycles. The van der Waals surface area contributed by atoms with Gasteiger partial charge < -0.3 is 19.9 Å². The molecule has 0 bridgehead atoms. The normalized spacial score (nSPS) is 10.5. The van der Waals surface area contributed by atoms with Gasteiger partial charge in [-0.25, -0.2) is 0 Å². The van der Waals surface area contributed by atoms with Gasteiger partial charge in [-0.1, -0.05) is 42.5 Å². The Morgan fingerprint density at radius 2 is 1.62 bits per heavy atom. The van der Waals surface area contributed by atoms with Crippen molar-refractivity contribution in [3.8, 4) is 23.0 Å². The predicted octanol–water partition coefficient (Wildman–Crippen LogP) is 4.53. The molecule has 0 saturated carbocycles. The molecule has 2 N–H and O–H groups in total. The van der Waals surface area contributed by atoms with Crippen LogP contribution >= 0.6 is 0 Å². The van der Waals surface area contributed by atoms with Crippen molar-refractivity contribution >= 4 is 0 Å². The minimum atomic E-state index is 0.319. The molecule has 0 atom stereocenters. The van der Waals surface area contributed by atoms with Crippen LogP contribution in [0.5, 0.6) is 23.0 Å². The van der Waals surface area contributed by atoms with E-state index in [1.165, 1.54) is 0 Å². The Labute approximate surface area is 154 Å². The first-order chi connectivity index (χ1) is 12.8. The third-order valence-corrected chi connectivity index (χ3v) is 4.12. The summed E-state index contributed by atoms with van der Waals surface area (Å²) < 4.78 is 11.4. The topological polar surface area (TPSA) is 50.7 Å². The number of rotatable bonds is 8. The highest BCUT2D eigenvalue weighted by atomic mass is 16.5. The van der Waals surface area contributed by atoms with Gasteiger partial charge in [0.15, 0.2) is 0 Å². The summed E-state index contributed by atoms with van der Waals surface area (Å²) in [6.07, 6.45) is 0.822. The lowest BCUT2D eigenvalue weighted by Gasteiger charge is -2.12. The summed E-state index contributed by atoms with van der Waals surface area (Å²) in [7, 11) is 1.67. The fourth-order valence-corrected chi connectivity index (χ4v) is 2.73. The number of methoxy groups -OCH3 is 1. The van der Waals surface area contributed by atoms with Gasteiger partial charge in [-0.05, 0) is 42.8 Å². The average Bonchev–Trinajstić information content (AvgIpc) is 2.68. The van der Waals surface area contributed by atoms with E-state index in [1.54, 1.807) is 13.2 Å². The van der Waals surface area contributed by atoms with Crippen molar-refractivity contribution in [2.75, 3.05) is 13.7 Å². The second kappa shape index (κ2) is 8.92. The van der Waals surface area contributed by atoms with Crippen molar-refractivity contribution in [2.24, 2.45) is 0 Å². The van der Waals surface area contributed by atoms with Crippen molar-refractivity contribution in [2.45, 2.75) is 13.0 Å². The number of aromatic hydroxyl groups is 1. The number of phenolic OH excluding ortho intramolecular Hbond substituents is 1. The second-order valence-electron chi connectivity index (χ2n) is 5.94. The summed E-state index contributed by atoms with van der Waals surface area (Å²) in [5.41, 5.74) is 2.00. The lowest BCUT2D eigenvalue weighted by Crippen LogP contribution is -2.17. The van der Waals surface area contributed by atoms with Crippen molar-refractivity contribution < 1.29 is 14.6 Å². The molecule has 4 heteroatoms. The molecule has 0 heterocycles. The van der Waals surface area contributed by atoms with E-state index >= 15 is 0 Å². The van der Waals surface area contributed by atoms with E-state index in [0.717, 1.165) is 41.3 Å². The van der Waals surface area contributed by atoms with Crippen LogP contribution in [0.2, 0.25) is 0 Å². The molecule has 3 aromatic rings. The zero-order chi connectivity index (χ0) is 18.2. The highest BCUT2D eigenvalue weighted by Crippen LogP contribution is 2.28. The van der Waals surface area contributed by atoms with E-state index in [9.17, 15) is 5.11 Å². The molecule has 4 nitrogen and oxygen atoms in total. The third kappa shape index (κ3) is 4.77. The van der Waals surface area contributed by atoms with E-state index in [-0.39, 0.29) is 0 Å². The maximum absolute atomic E-state index is 9.79. The summed E-state index contributed by atoms with van der Waals surface area (Å²) in [5.74, 6) is 2.67. The van der Waals surface area contributed by atoms with E-state index < -0.39 is 0 Å². The fraction of sp³-hybridized carbons (Fsp3) is 0.182. The van der Waals surface area contributed by atoms with Gasteiger partial charge in [-0.2, -0.15) is 0 Å². The summed E-state index contributed by atoms with van der Waals surface area (Å²) in [4.78, 5) is 0. The van der Waals surface area contributed by atoms with Crippen LogP contribution in [-0.2, 0) is 13.0 Å². The van der Waals surface area contributed by atoms with Crippen LogP contribution in [0.25, 0.3) is 0 Å². The number of phenols is 1. The Morgan fingerprint density at radius 3 is 2.38 bits per heavy atom. The maximum atomic E-state index is 9.79. The maximum Gasteiger partial charge on any atom is 0.131 e. The van der Waals surface area contributed by atoms with Crippen LogP contribution in [-0.4, -0.2) is 18.8 Å². The molecule has 3 rings (SSSR count). The van der Waals surface area contributed by atoms with Gasteiger partial charge in [0.2, 0.25) is 0 Å². The summed E-state index contributed by atoms with van der Waals surface area (Å²) in [5, 5.41) is 13.1. The number of para-hydroxylation sites is 2. The Kier molecular flexibility index (Phi) is 6.12. The first-order valence-electron chi connectivity index (χ1n) is 8.63. The minimum Gasteiger partial charge on any atom is -0.508 e. The molecule has 0 unspecified atom stereocenters. The smallest absolute Gasteiger partial charge is 0.131 e. The van der Waals surface area contributed by atoms with Gasteiger partial charge in [0.05, 0.1) is 7.11 Å². The molecule has 0 aliphatic heterocycles. The van der Waals surface area contributed by atoms with E-state index in [2.05, 4.69) is 5.32 Å². The van der Waals surface area contributed by atoms with Gasteiger partial charge in [0.1, 0.15) is 23.0 Å². The highest BCUT2D eigenvalue weighted by Gasteiger charge is 2.06. The molecular formula is C22H23NO3. The molecule has 0 radical (unpaired) electrons. The first-order valence-corrected chi connectivity index (χ1v) is 8.63. The molecule has 0 spiro atoms. The molecule has 0 aliphatic rings. The Hall–Kier alpha value is -2.98. The van der Waals surface area contributed by atoms with Gasteiger partial charge >= 0.3 is 0 Å². The number of benzene rings is 3. The Morgan fingerprint density at radius 1 is 0.846 bits per heavy atom. The standard InChI is InChI=1S/C22H23NO3/c1-25-22-15-20(26-19-8-3-2-4-9-19)12-11-17(22)13-14-23-16-18-7-5-6-10-21(18)24/h2-12,15,23-24H,13-14,16H2,1H3. The first kappa shape index (κ1) is 17.8. The zero-order valence-electron chi connectivity index (χ0n) is 14.8. The number of nitrogens with one attached hydrogen (secondary N) is 1. The zero-order valence-corrected chi connectivity index (χ0v) is 14.8.